The molecule has 0 radical (unpaired) electrons. The van der Waals surface area contributed by atoms with Crippen LogP contribution in [0, 0.1) is 0 Å². The fourth-order valence-corrected chi connectivity index (χ4v) is 7.06. The van der Waals surface area contributed by atoms with E-state index in [1.165, 1.54) is 30.1 Å². The van der Waals surface area contributed by atoms with Crippen molar-refractivity contribution < 1.29 is 21.2 Å². The van der Waals surface area contributed by atoms with E-state index in [1.807, 2.05) is 0 Å². The quantitative estimate of drug-likeness (QED) is 0.534. The average molecular weight is 320 g/mol. The summed E-state index contributed by atoms with van der Waals surface area (Å²) in [5, 5.41) is 0.478. The van der Waals surface area contributed by atoms with Crippen LogP contribution in [0.5, 0.6) is 0 Å². The maximum absolute atomic E-state index is 6.10. The van der Waals surface area contributed by atoms with Gasteiger partial charge in [0.2, 0.25) is 0 Å². The zero-order valence-corrected chi connectivity index (χ0v) is 11.5. The molecule has 0 aromatic heterocycles. The first kappa shape index (κ1) is 11.4. The van der Waals surface area contributed by atoms with Crippen molar-refractivity contribution >= 4 is 23.4 Å². The Hall–Kier alpha value is 1.37. The Morgan fingerprint density at radius 1 is 1.50 bits per heavy atom. The predicted molar refractivity (Wildman–Crippen MR) is 54.9 cm³/mol. The normalized spacial score (nSPS) is 37.1. The molecule has 0 amide bonds. The Morgan fingerprint density at radius 2 is 2.08 bits per heavy atom. The molecular formula is C9H17ClIS-. The third-order valence-electron chi connectivity index (χ3n) is 2.40. The topological polar surface area (TPSA) is 0 Å². The Labute approximate surface area is 95.5 Å². The number of hydrogen-bond donors (Lipinski definition) is 0. The molecule has 1 rings (SSSR count). The molecule has 0 N–H and O–H groups in total. The molecule has 1 fully saturated rings. The van der Waals surface area contributed by atoms with Crippen molar-refractivity contribution in [3.8, 4) is 0 Å². The second kappa shape index (κ2) is 5.30. The molecule has 1 saturated carbocycles. The molecule has 0 saturated heterocycles. The van der Waals surface area contributed by atoms with Crippen molar-refractivity contribution in [2.75, 3.05) is 10.7 Å². The minimum atomic E-state index is 0.405. The molecule has 0 aromatic rings. The van der Waals surface area contributed by atoms with Crippen LogP contribution in [-0.2, 0) is 0 Å². The molecule has 0 spiro atoms. The summed E-state index contributed by atoms with van der Waals surface area (Å²) in [6, 6.07) is 0. The molecule has 0 aromatic carbocycles. The van der Waals surface area contributed by atoms with E-state index in [-0.39, 0.29) is 0 Å². The molecule has 0 nitrogen and oxygen atoms in total. The number of rotatable bonds is 3. The van der Waals surface area contributed by atoms with E-state index in [0.717, 1.165) is 0 Å². The van der Waals surface area contributed by atoms with Crippen molar-refractivity contribution in [3.05, 3.63) is 0 Å². The van der Waals surface area contributed by atoms with Crippen LogP contribution in [-0.4, -0.2) is 18.8 Å². The summed E-state index contributed by atoms with van der Waals surface area (Å²) < 4.78 is 2.12. The molecular weight excluding hydrogens is 303 g/mol. The van der Waals surface area contributed by atoms with Crippen LogP contribution in [0.25, 0.3) is 0 Å². The van der Waals surface area contributed by atoms with Gasteiger partial charge in [-0.05, 0) is 0 Å². The first-order chi connectivity index (χ1) is 5.72. The molecule has 1 aliphatic rings. The van der Waals surface area contributed by atoms with Gasteiger partial charge >= 0.3 is 96.0 Å². The van der Waals surface area contributed by atoms with E-state index >= 15 is 0 Å². The second-order valence-electron chi connectivity index (χ2n) is 3.16. The first-order valence-electron chi connectivity index (χ1n) is 4.52. The van der Waals surface area contributed by atoms with Crippen LogP contribution >= 0.6 is 23.4 Å². The molecule has 1 aliphatic carbocycles. The third kappa shape index (κ3) is 2.95. The van der Waals surface area contributed by atoms with Crippen LogP contribution in [0.1, 0.15) is 32.6 Å². The monoisotopic (exact) mass is 319 g/mol. The summed E-state index contributed by atoms with van der Waals surface area (Å²) in [6.07, 6.45) is 7.54. The second-order valence-corrected chi connectivity index (χ2v) is 10.1. The van der Waals surface area contributed by atoms with Crippen LogP contribution in [0.4, 0.5) is 0 Å². The van der Waals surface area contributed by atoms with Gasteiger partial charge in [0.15, 0.2) is 0 Å². The Morgan fingerprint density at radius 3 is 2.50 bits per heavy atom. The Bertz CT molecular complexity index is 132. The van der Waals surface area contributed by atoms with Crippen LogP contribution in [0.2, 0.25) is 0 Å². The minimum absolute atomic E-state index is 0.405. The van der Waals surface area contributed by atoms with E-state index in [1.54, 1.807) is 0 Å². The van der Waals surface area contributed by atoms with Crippen molar-refractivity contribution in [1.29, 1.82) is 0 Å². The summed E-state index contributed by atoms with van der Waals surface area (Å²) in [6.45, 7) is 2.33. The average Bonchev–Trinajstić information content (AvgIpc) is 2.10. The van der Waals surface area contributed by atoms with E-state index in [9.17, 15) is 0 Å². The van der Waals surface area contributed by atoms with Gasteiger partial charge in [-0.25, -0.2) is 0 Å². The van der Waals surface area contributed by atoms with Gasteiger partial charge < -0.3 is 0 Å². The van der Waals surface area contributed by atoms with Gasteiger partial charge in [0.1, 0.15) is 0 Å². The zero-order chi connectivity index (χ0) is 9.03. The summed E-state index contributed by atoms with van der Waals surface area (Å²) in [7, 11) is 0. The van der Waals surface area contributed by atoms with Gasteiger partial charge in [-0.1, -0.05) is 0 Å². The fraction of sp³-hybridized carbons (Fsp3) is 1.00. The number of halogens is 2. The fourth-order valence-electron chi connectivity index (χ4n) is 1.65. The molecule has 0 aliphatic heterocycles. The van der Waals surface area contributed by atoms with Crippen LogP contribution < -0.4 is 21.2 Å². The van der Waals surface area contributed by atoms with Crippen LogP contribution in [0.15, 0.2) is 0 Å². The van der Waals surface area contributed by atoms with Crippen LogP contribution in [0.3, 0.4) is 0 Å². The molecule has 0 atom stereocenters. The standard InChI is InChI=1S/C9H17ClIS/c1-3-11-9(12-2)6-4-8(10)5-7-9/h8H,3-7H2,1-2H3/q-1. The number of hydrogen-bond acceptors (Lipinski definition) is 1. The van der Waals surface area contributed by atoms with E-state index in [0.29, 0.717) is 29.3 Å². The Balaban J connectivity index is 2.45. The molecule has 3 heteroatoms. The van der Waals surface area contributed by atoms with Gasteiger partial charge in [0, 0.05) is 0 Å². The Kier molecular flexibility index (Phi) is 5.05. The molecule has 12 heavy (non-hydrogen) atoms. The summed E-state index contributed by atoms with van der Waals surface area (Å²) >= 11 is 8.62. The molecule has 0 heterocycles. The first-order valence-corrected chi connectivity index (χ1v) is 8.78. The number of alkyl halides is 3. The summed E-state index contributed by atoms with van der Waals surface area (Å²) in [5.74, 6) is 0. The molecule has 74 valence electrons. The number of thioether (sulfide) groups is 1. The van der Waals surface area contributed by atoms with Gasteiger partial charge in [-0.15, -0.1) is 0 Å². The third-order valence-corrected chi connectivity index (χ3v) is 9.27. The van der Waals surface area contributed by atoms with Crippen molar-refractivity contribution in [2.24, 2.45) is 0 Å². The van der Waals surface area contributed by atoms with Gasteiger partial charge in [-0.3, -0.25) is 0 Å². The predicted octanol–water partition coefficient (Wildman–Crippen LogP) is 0.336. The summed E-state index contributed by atoms with van der Waals surface area (Å²) in [4.78, 5) is 0. The zero-order valence-electron chi connectivity index (χ0n) is 7.78. The van der Waals surface area contributed by atoms with E-state index in [4.69, 9.17) is 11.6 Å². The molecule has 0 unspecified atom stereocenters. The van der Waals surface area contributed by atoms with Gasteiger partial charge in [0.25, 0.3) is 0 Å². The summed E-state index contributed by atoms with van der Waals surface area (Å²) in [5.41, 5.74) is 0. The van der Waals surface area contributed by atoms with Crippen molar-refractivity contribution in [2.45, 2.75) is 40.7 Å². The van der Waals surface area contributed by atoms with Gasteiger partial charge in [-0.2, -0.15) is 0 Å². The van der Waals surface area contributed by atoms with Crippen molar-refractivity contribution in [1.82, 2.24) is 0 Å². The van der Waals surface area contributed by atoms with E-state index in [2.05, 4.69) is 24.9 Å². The maximum atomic E-state index is 6.10. The van der Waals surface area contributed by atoms with E-state index < -0.39 is 0 Å². The SMILES string of the molecule is CC[I-]C1(SC)CCC(Cl)CC1. The van der Waals surface area contributed by atoms with Crippen molar-refractivity contribution in [3.63, 3.8) is 0 Å². The molecule has 0 bridgehead atoms. The van der Waals surface area contributed by atoms with Gasteiger partial charge in [0.05, 0.1) is 0 Å².